The number of carbonyl (C=O) groups excluding carboxylic acids is 1. The van der Waals surface area contributed by atoms with Crippen LogP contribution in [0.5, 0.6) is 0 Å². The lowest BCUT2D eigenvalue weighted by Gasteiger charge is -2.10. The molecule has 1 aromatic heterocycles. The molecule has 1 aliphatic rings. The monoisotopic (exact) mass is 388 g/mol. The summed E-state index contributed by atoms with van der Waals surface area (Å²) in [6, 6.07) is 13.3. The Hall–Kier alpha value is -3.14. The zero-order valence-electron chi connectivity index (χ0n) is 16.7. The van der Waals surface area contributed by atoms with Crippen LogP contribution in [0, 0.1) is 6.92 Å². The molecular weight excluding hydrogens is 364 g/mol. The maximum absolute atomic E-state index is 13.3. The number of esters is 1. The van der Waals surface area contributed by atoms with Gasteiger partial charge in [-0.1, -0.05) is 30.3 Å². The number of benzene rings is 2. The van der Waals surface area contributed by atoms with Crippen molar-refractivity contribution in [1.82, 2.24) is 0 Å². The minimum absolute atomic E-state index is 0.0947. The van der Waals surface area contributed by atoms with Crippen molar-refractivity contribution in [1.29, 1.82) is 0 Å². The van der Waals surface area contributed by atoms with Crippen molar-refractivity contribution in [2.45, 2.75) is 38.5 Å². The predicted octanol–water partition coefficient (Wildman–Crippen LogP) is 5.28. The lowest BCUT2D eigenvalue weighted by molar-refractivity contribution is 0.0526. The Balaban J connectivity index is 1.79. The average molecular weight is 388 g/mol. The molecule has 0 saturated heterocycles. The molecule has 0 bridgehead atoms. The minimum atomic E-state index is -0.440. The van der Waals surface area contributed by atoms with E-state index in [1.54, 1.807) is 31.2 Å². The summed E-state index contributed by atoms with van der Waals surface area (Å²) in [6.07, 6.45) is 3.13. The van der Waals surface area contributed by atoms with Gasteiger partial charge in [0.1, 0.15) is 11.3 Å². The first-order chi connectivity index (χ1) is 14.0. The molecule has 148 valence electrons. The molecule has 1 heterocycles. The first-order valence-corrected chi connectivity index (χ1v) is 9.98. The summed E-state index contributed by atoms with van der Waals surface area (Å²) < 4.78 is 11.3. The standard InChI is InChI=1S/C25H24O4/c1-4-8-18-23(26)21-13-16(25(27)28-5-2)11-12-22(21)29-24(18)20-14-19(20)17-10-7-6-9-15(17)3/h4,6-7,9-13,19-20H,1,5,8,14H2,2-3H3. The average Bonchev–Trinajstić information content (AvgIpc) is 3.51. The Kier molecular flexibility index (Phi) is 5.10. The maximum atomic E-state index is 13.3. The van der Waals surface area contributed by atoms with Crippen molar-refractivity contribution < 1.29 is 13.9 Å². The van der Waals surface area contributed by atoms with Gasteiger partial charge < -0.3 is 9.15 Å². The number of carbonyl (C=O) groups is 1. The van der Waals surface area contributed by atoms with Gasteiger partial charge in [0, 0.05) is 11.5 Å². The molecule has 0 N–H and O–H groups in total. The molecule has 3 aromatic rings. The molecule has 1 saturated carbocycles. The molecule has 0 spiro atoms. The molecular formula is C25H24O4. The highest BCUT2D eigenvalue weighted by molar-refractivity contribution is 5.94. The Morgan fingerprint density at radius 1 is 1.24 bits per heavy atom. The summed E-state index contributed by atoms with van der Waals surface area (Å²) in [5, 5.41) is 0.407. The van der Waals surface area contributed by atoms with Crippen molar-refractivity contribution in [2.75, 3.05) is 6.61 Å². The van der Waals surface area contributed by atoms with Gasteiger partial charge in [-0.3, -0.25) is 4.79 Å². The summed E-state index contributed by atoms with van der Waals surface area (Å²) in [7, 11) is 0. The quantitative estimate of drug-likeness (QED) is 0.426. The summed E-state index contributed by atoms with van der Waals surface area (Å²) in [6.45, 7) is 7.96. The van der Waals surface area contributed by atoms with E-state index in [1.807, 2.05) is 6.07 Å². The van der Waals surface area contributed by atoms with Crippen LogP contribution in [0.4, 0.5) is 0 Å². The fourth-order valence-corrected chi connectivity index (χ4v) is 4.06. The van der Waals surface area contributed by atoms with Crippen LogP contribution >= 0.6 is 0 Å². The second-order valence-electron chi connectivity index (χ2n) is 7.50. The number of rotatable bonds is 6. The van der Waals surface area contributed by atoms with Crippen LogP contribution in [0.3, 0.4) is 0 Å². The lowest BCUT2D eigenvalue weighted by atomic mass is 9.99. The number of allylic oxidation sites excluding steroid dienone is 1. The topological polar surface area (TPSA) is 56.5 Å². The Labute approximate surface area is 169 Å². The molecule has 0 radical (unpaired) electrons. The zero-order valence-corrected chi connectivity index (χ0v) is 16.7. The molecule has 4 heteroatoms. The van der Waals surface area contributed by atoms with E-state index in [2.05, 4.69) is 31.7 Å². The highest BCUT2D eigenvalue weighted by atomic mass is 16.5. The van der Waals surface area contributed by atoms with Gasteiger partial charge >= 0.3 is 5.97 Å². The number of hydrogen-bond acceptors (Lipinski definition) is 4. The largest absolute Gasteiger partial charge is 0.462 e. The van der Waals surface area contributed by atoms with E-state index < -0.39 is 5.97 Å². The molecule has 4 rings (SSSR count). The fourth-order valence-electron chi connectivity index (χ4n) is 4.06. The van der Waals surface area contributed by atoms with Gasteiger partial charge in [-0.05, 0) is 61.9 Å². The van der Waals surface area contributed by atoms with Gasteiger partial charge in [0.05, 0.1) is 17.6 Å². The summed E-state index contributed by atoms with van der Waals surface area (Å²) in [5.74, 6) is 0.858. The Bertz CT molecular complexity index is 1160. The van der Waals surface area contributed by atoms with E-state index in [0.29, 0.717) is 34.4 Å². The van der Waals surface area contributed by atoms with Gasteiger partial charge in [0.25, 0.3) is 0 Å². The predicted molar refractivity (Wildman–Crippen MR) is 114 cm³/mol. The molecule has 0 aliphatic heterocycles. The third-order valence-electron chi connectivity index (χ3n) is 5.59. The van der Waals surface area contributed by atoms with Gasteiger partial charge in [0.15, 0.2) is 5.43 Å². The van der Waals surface area contributed by atoms with Crippen LogP contribution in [0.25, 0.3) is 11.0 Å². The molecule has 1 aliphatic carbocycles. The SMILES string of the molecule is C=CCc1c(C2CC2c2ccccc2C)oc2ccc(C(=O)OCC)cc2c1=O. The van der Waals surface area contributed by atoms with Crippen LogP contribution in [-0.2, 0) is 11.2 Å². The maximum Gasteiger partial charge on any atom is 0.338 e. The van der Waals surface area contributed by atoms with Gasteiger partial charge in [0.2, 0.25) is 0 Å². The normalized spacial score (nSPS) is 17.9. The molecule has 0 amide bonds. The third-order valence-corrected chi connectivity index (χ3v) is 5.59. The van der Waals surface area contributed by atoms with Crippen molar-refractivity contribution >= 4 is 16.9 Å². The minimum Gasteiger partial charge on any atom is -0.462 e. The molecule has 29 heavy (non-hydrogen) atoms. The molecule has 2 atom stereocenters. The van der Waals surface area contributed by atoms with Crippen LogP contribution in [-0.4, -0.2) is 12.6 Å². The van der Waals surface area contributed by atoms with E-state index in [4.69, 9.17) is 9.15 Å². The number of aryl methyl sites for hydroxylation is 1. The number of ether oxygens (including phenoxy) is 1. The van der Waals surface area contributed by atoms with Gasteiger partial charge in [-0.2, -0.15) is 0 Å². The zero-order chi connectivity index (χ0) is 20.5. The van der Waals surface area contributed by atoms with Crippen molar-refractivity contribution in [2.24, 2.45) is 0 Å². The lowest BCUT2D eigenvalue weighted by Crippen LogP contribution is -2.13. The first kappa shape index (κ1) is 19.2. The van der Waals surface area contributed by atoms with Crippen molar-refractivity contribution in [3.05, 3.63) is 93.4 Å². The molecule has 2 unspecified atom stereocenters. The second kappa shape index (κ2) is 7.70. The molecule has 1 fully saturated rings. The van der Waals surface area contributed by atoms with Gasteiger partial charge in [-0.15, -0.1) is 6.58 Å². The Morgan fingerprint density at radius 2 is 2.03 bits per heavy atom. The second-order valence-corrected chi connectivity index (χ2v) is 7.50. The van der Waals surface area contributed by atoms with Crippen LogP contribution in [0.15, 0.2) is 64.3 Å². The number of fused-ring (bicyclic) bond motifs is 1. The third kappa shape index (κ3) is 3.51. The van der Waals surface area contributed by atoms with E-state index in [-0.39, 0.29) is 18.0 Å². The summed E-state index contributed by atoms with van der Waals surface area (Å²) >= 11 is 0. The van der Waals surface area contributed by atoms with E-state index in [9.17, 15) is 9.59 Å². The van der Waals surface area contributed by atoms with Gasteiger partial charge in [-0.25, -0.2) is 4.79 Å². The summed E-state index contributed by atoms with van der Waals surface area (Å²) in [5.41, 5.74) is 3.96. The highest BCUT2D eigenvalue weighted by Gasteiger charge is 2.43. The van der Waals surface area contributed by atoms with Crippen molar-refractivity contribution in [3.8, 4) is 0 Å². The van der Waals surface area contributed by atoms with E-state index >= 15 is 0 Å². The van der Waals surface area contributed by atoms with Crippen LogP contribution < -0.4 is 5.43 Å². The first-order valence-electron chi connectivity index (χ1n) is 9.98. The van der Waals surface area contributed by atoms with Crippen molar-refractivity contribution in [3.63, 3.8) is 0 Å². The fraction of sp³-hybridized carbons (Fsp3) is 0.280. The van der Waals surface area contributed by atoms with Crippen LogP contribution in [0.2, 0.25) is 0 Å². The highest BCUT2D eigenvalue weighted by Crippen LogP contribution is 2.56. The van der Waals surface area contributed by atoms with E-state index in [0.717, 1.165) is 12.2 Å². The van der Waals surface area contributed by atoms with Crippen LogP contribution in [0.1, 0.15) is 58.0 Å². The molecule has 2 aromatic carbocycles. The Morgan fingerprint density at radius 3 is 2.76 bits per heavy atom. The smallest absolute Gasteiger partial charge is 0.338 e. The van der Waals surface area contributed by atoms with E-state index in [1.165, 1.54) is 11.1 Å². The number of hydrogen-bond donors (Lipinski definition) is 0. The molecule has 4 nitrogen and oxygen atoms in total. The summed E-state index contributed by atoms with van der Waals surface area (Å²) in [4.78, 5) is 25.3.